The number of aromatic nitrogens is 1. The zero-order chi connectivity index (χ0) is 20.4. The van der Waals surface area contributed by atoms with Gasteiger partial charge in [0.1, 0.15) is 5.82 Å². The topological polar surface area (TPSA) is 56.4 Å². The van der Waals surface area contributed by atoms with Crippen molar-refractivity contribution in [3.05, 3.63) is 81.4 Å². The maximum atomic E-state index is 13.3. The molecule has 6 heteroatoms. The van der Waals surface area contributed by atoms with E-state index in [2.05, 4.69) is 4.98 Å². The van der Waals surface area contributed by atoms with Gasteiger partial charge in [0, 0.05) is 30.7 Å². The zero-order valence-corrected chi connectivity index (χ0v) is 16.5. The Morgan fingerprint density at radius 3 is 2.52 bits per heavy atom. The summed E-state index contributed by atoms with van der Waals surface area (Å²) >= 11 is 0. The van der Waals surface area contributed by atoms with Crippen molar-refractivity contribution in [2.75, 3.05) is 13.1 Å². The Bertz CT molecular complexity index is 1090. The number of carbonyl (C=O) groups excluding carboxylic acids is 1. The lowest BCUT2D eigenvalue weighted by atomic mass is 10.1. The van der Waals surface area contributed by atoms with Crippen LogP contribution in [-0.2, 0) is 13.1 Å². The van der Waals surface area contributed by atoms with Gasteiger partial charge in [-0.2, -0.15) is 0 Å². The van der Waals surface area contributed by atoms with Crippen LogP contribution in [0.3, 0.4) is 0 Å². The third-order valence-electron chi connectivity index (χ3n) is 5.37. The molecule has 4 rings (SSSR count). The molecule has 0 saturated carbocycles. The molecule has 0 atom stereocenters. The summed E-state index contributed by atoms with van der Waals surface area (Å²) in [6.45, 7) is 3.98. The number of hydrogen-bond acceptors (Lipinski definition) is 2. The molecule has 1 fully saturated rings. The number of amides is 2. The monoisotopic (exact) mass is 393 g/mol. The molecule has 3 aromatic rings. The molecule has 2 heterocycles. The second-order valence-corrected chi connectivity index (χ2v) is 7.67. The third kappa shape index (κ3) is 4.31. The van der Waals surface area contributed by atoms with E-state index in [9.17, 15) is 14.0 Å². The van der Waals surface area contributed by atoms with Gasteiger partial charge < -0.3 is 14.8 Å². The summed E-state index contributed by atoms with van der Waals surface area (Å²) in [4.78, 5) is 32.2. The van der Waals surface area contributed by atoms with Gasteiger partial charge in [-0.25, -0.2) is 9.18 Å². The number of H-pyrrole nitrogens is 1. The van der Waals surface area contributed by atoms with Crippen molar-refractivity contribution in [1.29, 1.82) is 0 Å². The van der Waals surface area contributed by atoms with Crippen molar-refractivity contribution in [1.82, 2.24) is 14.8 Å². The minimum absolute atomic E-state index is 0.0874. The number of rotatable bonds is 4. The largest absolute Gasteiger partial charge is 0.325 e. The van der Waals surface area contributed by atoms with E-state index in [0.29, 0.717) is 12.1 Å². The Balaban J connectivity index is 1.66. The van der Waals surface area contributed by atoms with Gasteiger partial charge in [-0.05, 0) is 61.0 Å². The van der Waals surface area contributed by atoms with Crippen LogP contribution in [0.25, 0.3) is 10.9 Å². The average molecular weight is 393 g/mol. The average Bonchev–Trinajstić information content (AvgIpc) is 3.24. The molecule has 0 bridgehead atoms. The van der Waals surface area contributed by atoms with Crippen LogP contribution >= 0.6 is 0 Å². The second-order valence-electron chi connectivity index (χ2n) is 7.67. The molecular formula is C23H24FN3O2. The molecule has 0 spiro atoms. The van der Waals surface area contributed by atoms with E-state index < -0.39 is 0 Å². The van der Waals surface area contributed by atoms with Gasteiger partial charge in [-0.15, -0.1) is 0 Å². The smallest absolute Gasteiger partial charge is 0.320 e. The van der Waals surface area contributed by atoms with Gasteiger partial charge in [0.15, 0.2) is 0 Å². The van der Waals surface area contributed by atoms with Crippen LogP contribution in [0.5, 0.6) is 0 Å². The van der Waals surface area contributed by atoms with E-state index in [4.69, 9.17) is 0 Å². The van der Waals surface area contributed by atoms with Crippen LogP contribution < -0.4 is 5.56 Å². The first-order valence-corrected chi connectivity index (χ1v) is 9.90. The van der Waals surface area contributed by atoms with Crippen molar-refractivity contribution in [2.45, 2.75) is 32.9 Å². The summed E-state index contributed by atoms with van der Waals surface area (Å²) in [5.74, 6) is -0.312. The minimum Gasteiger partial charge on any atom is -0.325 e. The first kappa shape index (κ1) is 19.2. The highest BCUT2D eigenvalue weighted by Crippen LogP contribution is 2.18. The first-order valence-electron chi connectivity index (χ1n) is 9.90. The van der Waals surface area contributed by atoms with Gasteiger partial charge in [0.25, 0.3) is 5.56 Å². The number of likely N-dealkylation sites (tertiary alicyclic amines) is 1. The number of aryl methyl sites for hydroxylation is 1. The highest BCUT2D eigenvalue weighted by atomic mass is 19.1. The fourth-order valence-electron chi connectivity index (χ4n) is 3.80. The molecule has 0 radical (unpaired) electrons. The molecule has 2 amide bonds. The molecule has 0 aliphatic carbocycles. The van der Waals surface area contributed by atoms with E-state index in [-0.39, 0.29) is 24.0 Å². The Morgan fingerprint density at radius 1 is 1.07 bits per heavy atom. The maximum absolute atomic E-state index is 13.3. The van der Waals surface area contributed by atoms with E-state index >= 15 is 0 Å². The van der Waals surface area contributed by atoms with E-state index in [1.807, 2.05) is 36.1 Å². The molecule has 150 valence electrons. The predicted octanol–water partition coefficient (Wildman–Crippen LogP) is 4.19. The lowest BCUT2D eigenvalue weighted by molar-refractivity contribution is 0.156. The minimum atomic E-state index is -0.312. The number of aromatic amines is 1. The van der Waals surface area contributed by atoms with Crippen LogP contribution in [-0.4, -0.2) is 33.9 Å². The molecule has 1 N–H and O–H groups in total. The molecular weight excluding hydrogens is 369 g/mol. The summed E-state index contributed by atoms with van der Waals surface area (Å²) in [6, 6.07) is 13.8. The molecule has 1 aliphatic rings. The van der Waals surface area contributed by atoms with Crippen LogP contribution in [0.1, 0.15) is 29.5 Å². The number of carbonyl (C=O) groups is 1. The highest BCUT2D eigenvalue weighted by Gasteiger charge is 2.24. The number of pyridine rings is 1. The summed E-state index contributed by atoms with van der Waals surface area (Å²) < 4.78 is 13.3. The first-order chi connectivity index (χ1) is 14.0. The molecule has 2 aromatic carbocycles. The number of urea groups is 1. The second kappa shape index (κ2) is 8.07. The summed E-state index contributed by atoms with van der Waals surface area (Å²) in [6.07, 6.45) is 1.98. The van der Waals surface area contributed by atoms with Gasteiger partial charge >= 0.3 is 6.03 Å². The quantitative estimate of drug-likeness (QED) is 0.722. The predicted molar refractivity (Wildman–Crippen MR) is 111 cm³/mol. The number of nitrogens with zero attached hydrogens (tertiary/aromatic N) is 2. The van der Waals surface area contributed by atoms with Crippen LogP contribution in [0.2, 0.25) is 0 Å². The Morgan fingerprint density at radius 2 is 1.79 bits per heavy atom. The van der Waals surface area contributed by atoms with E-state index in [0.717, 1.165) is 48.0 Å². The lowest BCUT2D eigenvalue weighted by Crippen LogP contribution is -2.41. The van der Waals surface area contributed by atoms with Crippen molar-refractivity contribution in [2.24, 2.45) is 0 Å². The number of nitrogens with one attached hydrogen (secondary N) is 1. The van der Waals surface area contributed by atoms with Gasteiger partial charge in [-0.1, -0.05) is 23.8 Å². The van der Waals surface area contributed by atoms with Crippen LogP contribution in [0, 0.1) is 12.7 Å². The van der Waals surface area contributed by atoms with Crippen LogP contribution in [0.4, 0.5) is 9.18 Å². The Kier molecular flexibility index (Phi) is 5.34. The Labute approximate surface area is 168 Å². The summed E-state index contributed by atoms with van der Waals surface area (Å²) in [5.41, 5.74) is 3.05. The SMILES string of the molecule is Cc1ccc2[nH]c(=O)c(CN(Cc3ccc(F)cc3)C(=O)N3CCCC3)cc2c1. The lowest BCUT2D eigenvalue weighted by Gasteiger charge is -2.28. The van der Waals surface area contributed by atoms with Crippen molar-refractivity contribution in [3.8, 4) is 0 Å². The fraction of sp³-hybridized carbons (Fsp3) is 0.304. The van der Waals surface area contributed by atoms with Crippen molar-refractivity contribution >= 4 is 16.9 Å². The van der Waals surface area contributed by atoms with Crippen molar-refractivity contribution < 1.29 is 9.18 Å². The molecule has 29 heavy (non-hydrogen) atoms. The maximum Gasteiger partial charge on any atom is 0.320 e. The molecule has 0 unspecified atom stereocenters. The standard InChI is InChI=1S/C23H24FN3O2/c1-16-4-9-21-18(12-16)13-19(22(28)25-21)15-27(23(29)26-10-2-3-11-26)14-17-5-7-20(24)8-6-17/h4-9,12-13H,2-3,10-11,14-15H2,1H3,(H,25,28). The number of hydrogen-bond donors (Lipinski definition) is 1. The molecule has 1 aliphatic heterocycles. The van der Waals surface area contributed by atoms with E-state index in [1.54, 1.807) is 17.0 Å². The van der Waals surface area contributed by atoms with E-state index in [1.165, 1.54) is 12.1 Å². The Hall–Kier alpha value is -3.15. The molecule has 1 aromatic heterocycles. The summed E-state index contributed by atoms with van der Waals surface area (Å²) in [5, 5.41) is 0.940. The molecule has 1 saturated heterocycles. The number of halogens is 1. The number of benzene rings is 2. The van der Waals surface area contributed by atoms with Gasteiger partial charge in [-0.3, -0.25) is 4.79 Å². The third-order valence-corrected chi connectivity index (χ3v) is 5.37. The fourth-order valence-corrected chi connectivity index (χ4v) is 3.80. The zero-order valence-electron chi connectivity index (χ0n) is 16.5. The van der Waals surface area contributed by atoms with Crippen molar-refractivity contribution in [3.63, 3.8) is 0 Å². The van der Waals surface area contributed by atoms with Gasteiger partial charge in [0.2, 0.25) is 0 Å². The summed E-state index contributed by atoms with van der Waals surface area (Å²) in [7, 11) is 0. The highest BCUT2D eigenvalue weighted by molar-refractivity contribution is 5.80. The molecule has 5 nitrogen and oxygen atoms in total. The normalized spacial score (nSPS) is 13.8. The number of fused-ring (bicyclic) bond motifs is 1. The van der Waals surface area contributed by atoms with Gasteiger partial charge in [0.05, 0.1) is 6.54 Å². The van der Waals surface area contributed by atoms with Crippen LogP contribution in [0.15, 0.2) is 53.3 Å².